The van der Waals surface area contributed by atoms with E-state index in [0.29, 0.717) is 5.56 Å². The first-order valence-corrected chi connectivity index (χ1v) is 7.60. The monoisotopic (exact) mass is 355 g/mol. The van der Waals surface area contributed by atoms with Crippen molar-refractivity contribution in [2.24, 2.45) is 0 Å². The van der Waals surface area contributed by atoms with Gasteiger partial charge < -0.3 is 26.1 Å². The van der Waals surface area contributed by atoms with Crippen LogP contribution in [-0.4, -0.2) is 40.1 Å². The molecule has 0 aliphatic heterocycles. The molecular formula is C16H17N7O3. The molecule has 10 nitrogen and oxygen atoms in total. The number of carbonyl (C=O) groups is 1. The minimum absolute atomic E-state index is 0.0389. The Balaban J connectivity index is 1.89. The van der Waals surface area contributed by atoms with Gasteiger partial charge in [-0.1, -0.05) is 0 Å². The summed E-state index contributed by atoms with van der Waals surface area (Å²) in [6, 6.07) is 6.79. The number of rotatable bonds is 4. The maximum absolute atomic E-state index is 12.3. The van der Waals surface area contributed by atoms with Crippen LogP contribution in [0.25, 0.3) is 11.2 Å². The third kappa shape index (κ3) is 3.24. The quantitative estimate of drug-likeness (QED) is 0.561. The molecule has 2 heterocycles. The van der Waals surface area contributed by atoms with Crippen molar-refractivity contribution in [1.29, 1.82) is 0 Å². The number of carbonyl (C=O) groups excluding carboxylic acids is 1. The number of aromatic nitrogens is 4. The lowest BCUT2D eigenvalue weighted by atomic mass is 10.2. The number of esters is 1. The molecule has 0 saturated heterocycles. The van der Waals surface area contributed by atoms with E-state index in [1.165, 1.54) is 7.11 Å². The van der Waals surface area contributed by atoms with Crippen LogP contribution in [0.4, 0.5) is 17.5 Å². The summed E-state index contributed by atoms with van der Waals surface area (Å²) in [6.07, 6.45) is 0. The van der Waals surface area contributed by atoms with Gasteiger partial charge >= 0.3 is 5.97 Å². The smallest absolute Gasteiger partial charge is 0.337 e. The molecule has 3 aromatic rings. The molecule has 0 aliphatic rings. The van der Waals surface area contributed by atoms with E-state index in [4.69, 9.17) is 11.5 Å². The molecule has 0 aliphatic carbocycles. The summed E-state index contributed by atoms with van der Waals surface area (Å²) in [5.74, 6) is -0.361. The number of nitrogen functional groups attached to an aromatic ring is 2. The van der Waals surface area contributed by atoms with Crippen LogP contribution in [0.2, 0.25) is 0 Å². The number of methoxy groups -OCH3 is 1. The Hall–Kier alpha value is -3.69. The van der Waals surface area contributed by atoms with Gasteiger partial charge in [-0.2, -0.15) is 9.97 Å². The maximum Gasteiger partial charge on any atom is 0.337 e. The fourth-order valence-electron chi connectivity index (χ4n) is 2.45. The second-order valence-electron chi connectivity index (χ2n) is 5.57. The topological polar surface area (TPSA) is 153 Å². The Morgan fingerprint density at radius 2 is 1.88 bits per heavy atom. The number of nitrogens with one attached hydrogen (secondary N) is 1. The maximum atomic E-state index is 12.3. The van der Waals surface area contributed by atoms with Gasteiger partial charge in [0.1, 0.15) is 11.2 Å². The minimum atomic E-state index is -0.415. The number of ether oxygens (including phenoxy) is 1. The Labute approximate surface area is 147 Å². The molecule has 10 heteroatoms. The lowest BCUT2D eigenvalue weighted by molar-refractivity contribution is 0.0601. The van der Waals surface area contributed by atoms with Crippen molar-refractivity contribution in [3.63, 3.8) is 0 Å². The molecule has 0 saturated carbocycles. The van der Waals surface area contributed by atoms with Crippen LogP contribution in [0.5, 0.6) is 0 Å². The molecule has 1 aromatic carbocycles. The van der Waals surface area contributed by atoms with Crippen LogP contribution in [0.1, 0.15) is 16.1 Å². The zero-order valence-electron chi connectivity index (χ0n) is 14.2. The van der Waals surface area contributed by atoms with Crippen LogP contribution in [0.3, 0.4) is 0 Å². The predicted molar refractivity (Wildman–Crippen MR) is 96.7 cm³/mol. The summed E-state index contributed by atoms with van der Waals surface area (Å²) in [5.41, 5.74) is 12.9. The van der Waals surface area contributed by atoms with E-state index in [1.807, 2.05) is 0 Å². The molecule has 5 N–H and O–H groups in total. The number of nitrogens with zero attached hydrogens (tertiary/aromatic N) is 4. The zero-order valence-corrected chi connectivity index (χ0v) is 14.2. The van der Waals surface area contributed by atoms with Gasteiger partial charge in [-0.05, 0) is 24.3 Å². The molecule has 3 rings (SSSR count). The Kier molecular flexibility index (Phi) is 4.40. The standard InChI is InChI=1S/C16H17N7O3/c1-23(9-5-3-8(4-6-9)15(25)26-2)7-10-14(24)21-13-11(19-10)12(17)20-16(18)22-13/h3-6H,7H2,1-2H3,(H5,17,18,20,21,22,24). The van der Waals surface area contributed by atoms with Gasteiger partial charge in [0, 0.05) is 12.7 Å². The highest BCUT2D eigenvalue weighted by Crippen LogP contribution is 2.17. The summed E-state index contributed by atoms with van der Waals surface area (Å²) in [6.45, 7) is 0.215. The summed E-state index contributed by atoms with van der Waals surface area (Å²) in [4.78, 5) is 40.2. The first kappa shape index (κ1) is 17.1. The van der Waals surface area contributed by atoms with Gasteiger partial charge in [-0.15, -0.1) is 0 Å². The van der Waals surface area contributed by atoms with Crippen molar-refractivity contribution in [3.05, 3.63) is 45.9 Å². The Bertz CT molecular complexity index is 1030. The Morgan fingerprint density at radius 3 is 2.54 bits per heavy atom. The van der Waals surface area contributed by atoms with Crippen molar-refractivity contribution in [2.45, 2.75) is 6.54 Å². The molecular weight excluding hydrogens is 338 g/mol. The van der Waals surface area contributed by atoms with Crippen molar-refractivity contribution < 1.29 is 9.53 Å². The van der Waals surface area contributed by atoms with E-state index in [2.05, 4.69) is 24.7 Å². The highest BCUT2D eigenvalue weighted by atomic mass is 16.5. The number of hydrogen-bond donors (Lipinski definition) is 3. The van der Waals surface area contributed by atoms with Crippen molar-refractivity contribution in [2.75, 3.05) is 30.5 Å². The molecule has 26 heavy (non-hydrogen) atoms. The van der Waals surface area contributed by atoms with Crippen molar-refractivity contribution in [3.8, 4) is 0 Å². The SMILES string of the molecule is COC(=O)c1ccc(N(C)Cc2nc3c(N)nc(N)nc3[nH]c2=O)cc1. The van der Waals surface area contributed by atoms with Crippen LogP contribution in [0.15, 0.2) is 29.1 Å². The third-order valence-electron chi connectivity index (χ3n) is 3.79. The predicted octanol–water partition coefficient (Wildman–Crippen LogP) is 0.301. The van der Waals surface area contributed by atoms with E-state index in [9.17, 15) is 9.59 Å². The molecule has 0 amide bonds. The van der Waals surface area contributed by atoms with Crippen LogP contribution in [-0.2, 0) is 11.3 Å². The van der Waals surface area contributed by atoms with E-state index < -0.39 is 11.5 Å². The van der Waals surface area contributed by atoms with Gasteiger partial charge in [0.2, 0.25) is 5.95 Å². The van der Waals surface area contributed by atoms with E-state index in [0.717, 1.165) is 5.69 Å². The molecule has 0 spiro atoms. The molecule has 2 aromatic heterocycles. The van der Waals surface area contributed by atoms with Gasteiger partial charge in [-0.25, -0.2) is 9.78 Å². The number of hydrogen-bond acceptors (Lipinski definition) is 9. The zero-order chi connectivity index (χ0) is 18.8. The summed E-state index contributed by atoms with van der Waals surface area (Å²) in [7, 11) is 3.12. The number of nitrogens with two attached hydrogens (primary N) is 2. The van der Waals surface area contributed by atoms with Gasteiger partial charge in [0.05, 0.1) is 19.2 Å². The average Bonchev–Trinajstić information content (AvgIpc) is 2.62. The molecule has 0 fully saturated rings. The highest BCUT2D eigenvalue weighted by molar-refractivity contribution is 5.89. The van der Waals surface area contributed by atoms with Crippen LogP contribution >= 0.6 is 0 Å². The van der Waals surface area contributed by atoms with Crippen molar-refractivity contribution >= 4 is 34.6 Å². The highest BCUT2D eigenvalue weighted by Gasteiger charge is 2.13. The van der Waals surface area contributed by atoms with Gasteiger partial charge in [0.15, 0.2) is 11.5 Å². The normalized spacial score (nSPS) is 10.7. The fraction of sp³-hybridized carbons (Fsp3) is 0.188. The average molecular weight is 355 g/mol. The number of aromatic amines is 1. The third-order valence-corrected chi connectivity index (χ3v) is 3.79. The van der Waals surface area contributed by atoms with Gasteiger partial charge in [-0.3, -0.25) is 4.79 Å². The van der Waals surface area contributed by atoms with E-state index >= 15 is 0 Å². The number of fused-ring (bicyclic) bond motifs is 1. The first-order chi connectivity index (χ1) is 12.4. The number of H-pyrrole nitrogens is 1. The lowest BCUT2D eigenvalue weighted by Crippen LogP contribution is -2.25. The van der Waals surface area contributed by atoms with Crippen LogP contribution < -0.4 is 21.9 Å². The molecule has 0 unspecified atom stereocenters. The molecule has 0 radical (unpaired) electrons. The number of benzene rings is 1. The molecule has 0 atom stereocenters. The largest absolute Gasteiger partial charge is 0.465 e. The Morgan fingerprint density at radius 1 is 1.19 bits per heavy atom. The molecule has 134 valence electrons. The lowest BCUT2D eigenvalue weighted by Gasteiger charge is -2.18. The first-order valence-electron chi connectivity index (χ1n) is 7.60. The minimum Gasteiger partial charge on any atom is -0.465 e. The second-order valence-corrected chi connectivity index (χ2v) is 5.57. The summed E-state index contributed by atoms with van der Waals surface area (Å²) < 4.78 is 4.67. The van der Waals surface area contributed by atoms with Crippen molar-refractivity contribution in [1.82, 2.24) is 19.9 Å². The van der Waals surface area contributed by atoms with Crippen LogP contribution in [0, 0.1) is 0 Å². The van der Waals surface area contributed by atoms with Gasteiger partial charge in [0.25, 0.3) is 5.56 Å². The summed E-state index contributed by atoms with van der Waals surface area (Å²) in [5, 5.41) is 0. The summed E-state index contributed by atoms with van der Waals surface area (Å²) >= 11 is 0. The second kappa shape index (κ2) is 6.67. The van der Waals surface area contributed by atoms with E-state index in [1.54, 1.807) is 36.2 Å². The number of anilines is 3. The van der Waals surface area contributed by atoms with E-state index in [-0.39, 0.29) is 35.2 Å². The fourth-order valence-corrected chi connectivity index (χ4v) is 2.45. The molecule has 0 bridgehead atoms.